The summed E-state index contributed by atoms with van der Waals surface area (Å²) in [6, 6.07) is 51.6. The summed E-state index contributed by atoms with van der Waals surface area (Å²) in [5, 5.41) is 8.85. The Balaban J connectivity index is 1.27. The predicted molar refractivity (Wildman–Crippen MR) is 210 cm³/mol. The number of rotatable bonds is 6. The van der Waals surface area contributed by atoms with Gasteiger partial charge in [-0.2, -0.15) is 0 Å². The summed E-state index contributed by atoms with van der Waals surface area (Å²) in [5.74, 6) is 1.93. The number of halogens is 2. The Hall–Kier alpha value is -3.64. The SMILES string of the molecule is Clc1cc2c(c(P(c3ccccc3)c3ccccc3)c1)OC1CCC[C@H](C2)Oc2c(cc(Cl)cc2P(c2ccccc2)c2ccccc2)C1. The molecule has 0 amide bonds. The Labute approximate surface area is 301 Å². The third-order valence-electron chi connectivity index (χ3n) is 9.28. The number of hydrogen-bond donors (Lipinski definition) is 0. The van der Waals surface area contributed by atoms with Crippen LogP contribution in [0.3, 0.4) is 0 Å². The van der Waals surface area contributed by atoms with Crippen LogP contribution in [0.4, 0.5) is 0 Å². The lowest BCUT2D eigenvalue weighted by Crippen LogP contribution is -2.30. The zero-order valence-corrected chi connectivity index (χ0v) is 30.3. The van der Waals surface area contributed by atoms with Gasteiger partial charge in [-0.1, -0.05) is 145 Å². The lowest BCUT2D eigenvalue weighted by Gasteiger charge is -2.31. The highest BCUT2D eigenvalue weighted by Crippen LogP contribution is 2.44. The Kier molecular flexibility index (Phi) is 9.76. The molecule has 2 heterocycles. The molecule has 6 heteroatoms. The zero-order chi connectivity index (χ0) is 33.2. The van der Waals surface area contributed by atoms with Crippen molar-refractivity contribution in [2.75, 3.05) is 0 Å². The van der Waals surface area contributed by atoms with E-state index in [-0.39, 0.29) is 12.2 Å². The molecule has 6 aromatic rings. The van der Waals surface area contributed by atoms with Crippen LogP contribution in [0.25, 0.3) is 0 Å². The van der Waals surface area contributed by atoms with Gasteiger partial charge in [-0.05, 0) is 91.7 Å². The first-order valence-corrected chi connectivity index (χ1v) is 20.3. The molecule has 8 rings (SSSR count). The predicted octanol–water partition coefficient (Wildman–Crippen LogP) is 8.99. The first-order valence-electron chi connectivity index (χ1n) is 16.9. The van der Waals surface area contributed by atoms with Gasteiger partial charge in [0, 0.05) is 33.5 Å². The number of hydrogen-bond acceptors (Lipinski definition) is 2. The minimum Gasteiger partial charge on any atom is -0.489 e. The lowest BCUT2D eigenvalue weighted by atomic mass is 10.0. The van der Waals surface area contributed by atoms with Crippen LogP contribution in [0, 0.1) is 0 Å². The molecule has 0 fully saturated rings. The maximum atomic E-state index is 7.28. The van der Waals surface area contributed by atoms with Crippen LogP contribution in [-0.4, -0.2) is 12.2 Å². The molecule has 1 unspecified atom stereocenters. The fraction of sp³-hybridized carbons (Fsp3) is 0.163. The summed E-state index contributed by atoms with van der Waals surface area (Å²) in [6.45, 7) is 0. The second kappa shape index (κ2) is 14.7. The van der Waals surface area contributed by atoms with Crippen LogP contribution in [0.2, 0.25) is 10.0 Å². The molecule has 0 saturated heterocycles. The quantitative estimate of drug-likeness (QED) is 0.160. The minimum absolute atomic E-state index is 0.0488. The second-order valence-corrected chi connectivity index (χ2v) is 17.9. The fourth-order valence-corrected chi connectivity index (χ4v) is 12.7. The van der Waals surface area contributed by atoms with E-state index in [9.17, 15) is 0 Å². The van der Waals surface area contributed by atoms with E-state index in [0.717, 1.165) is 62.5 Å². The standard InChI is InChI=1S/C43H36Cl2O2P2/c44-32-24-30-26-35-15-13-14-34(46-42(30)40(28-32)48(36-16-5-1-6-17-36)37-18-7-2-8-19-37)27-31-25-33(45)29-41(43(31)47-35)49(38-20-9-3-10-21-38)39-22-11-4-12-23-39/h1-12,16-25,28-29,34-35H,13-15,26-27H2/t34-,35?/m1/s1. The highest BCUT2D eigenvalue weighted by atomic mass is 35.5. The highest BCUT2D eigenvalue weighted by molar-refractivity contribution is 7.80. The molecule has 0 N–H and O–H groups in total. The van der Waals surface area contributed by atoms with Crippen LogP contribution >= 0.6 is 39.0 Å². The number of benzene rings is 6. The molecule has 2 aliphatic rings. The summed E-state index contributed by atoms with van der Waals surface area (Å²) in [4.78, 5) is 0. The topological polar surface area (TPSA) is 18.5 Å². The van der Waals surface area contributed by atoms with Crippen molar-refractivity contribution in [3.05, 3.63) is 167 Å². The van der Waals surface area contributed by atoms with E-state index in [0.29, 0.717) is 12.8 Å². The van der Waals surface area contributed by atoms with Crippen LogP contribution in [0.1, 0.15) is 30.4 Å². The van der Waals surface area contributed by atoms with E-state index in [4.69, 9.17) is 32.7 Å². The van der Waals surface area contributed by atoms with Crippen LogP contribution < -0.4 is 41.3 Å². The first-order chi connectivity index (χ1) is 24.1. The van der Waals surface area contributed by atoms with Gasteiger partial charge in [0.1, 0.15) is 23.7 Å². The van der Waals surface area contributed by atoms with E-state index in [1.54, 1.807) is 0 Å². The van der Waals surface area contributed by atoms with Crippen molar-refractivity contribution in [1.29, 1.82) is 0 Å². The Morgan fingerprint density at radius 3 is 1.10 bits per heavy atom. The average molecular weight is 718 g/mol. The van der Waals surface area contributed by atoms with Gasteiger partial charge in [0.2, 0.25) is 0 Å². The van der Waals surface area contributed by atoms with Crippen molar-refractivity contribution in [2.45, 2.75) is 44.3 Å². The molecule has 0 saturated carbocycles. The Morgan fingerprint density at radius 1 is 0.449 bits per heavy atom. The Bertz CT molecular complexity index is 1810. The van der Waals surface area contributed by atoms with Crippen molar-refractivity contribution >= 4 is 70.9 Å². The van der Waals surface area contributed by atoms with Crippen molar-refractivity contribution < 1.29 is 9.47 Å². The van der Waals surface area contributed by atoms with Crippen molar-refractivity contribution in [1.82, 2.24) is 0 Å². The van der Waals surface area contributed by atoms with Crippen LogP contribution in [0.15, 0.2) is 146 Å². The summed E-state index contributed by atoms with van der Waals surface area (Å²) < 4.78 is 14.6. The summed E-state index contributed by atoms with van der Waals surface area (Å²) in [6.07, 6.45) is 4.20. The molecule has 0 aliphatic carbocycles. The van der Waals surface area contributed by atoms with Crippen LogP contribution in [0.5, 0.6) is 11.5 Å². The van der Waals surface area contributed by atoms with Crippen molar-refractivity contribution in [2.24, 2.45) is 0 Å². The van der Waals surface area contributed by atoms with Gasteiger partial charge in [-0.25, -0.2) is 0 Å². The van der Waals surface area contributed by atoms with Gasteiger partial charge >= 0.3 is 0 Å². The van der Waals surface area contributed by atoms with E-state index in [2.05, 4.69) is 146 Å². The van der Waals surface area contributed by atoms with Crippen LogP contribution in [-0.2, 0) is 12.8 Å². The summed E-state index contributed by atoms with van der Waals surface area (Å²) >= 11 is 14.0. The molecule has 0 spiro atoms. The minimum atomic E-state index is -0.923. The molecular weight excluding hydrogens is 681 g/mol. The molecular formula is C43H36Cl2O2P2. The van der Waals surface area contributed by atoms with Gasteiger partial charge in [0.25, 0.3) is 0 Å². The second-order valence-electron chi connectivity index (χ2n) is 12.7. The Morgan fingerprint density at radius 2 is 0.776 bits per heavy atom. The molecule has 2 nitrogen and oxygen atoms in total. The molecule has 0 aromatic heterocycles. The van der Waals surface area contributed by atoms with Gasteiger partial charge in [0.05, 0.1) is 0 Å². The van der Waals surface area contributed by atoms with E-state index in [1.807, 2.05) is 0 Å². The maximum Gasteiger partial charge on any atom is 0.131 e. The van der Waals surface area contributed by atoms with E-state index < -0.39 is 15.8 Å². The highest BCUT2D eigenvalue weighted by Gasteiger charge is 2.33. The number of fused-ring (bicyclic) bond motifs is 6. The first kappa shape index (κ1) is 32.6. The monoisotopic (exact) mass is 716 g/mol. The molecule has 6 aromatic carbocycles. The fourth-order valence-electron chi connectivity index (χ4n) is 7.14. The molecule has 2 aliphatic heterocycles. The molecule has 0 radical (unpaired) electrons. The normalized spacial score (nSPS) is 17.1. The van der Waals surface area contributed by atoms with Gasteiger partial charge < -0.3 is 9.47 Å². The molecule has 244 valence electrons. The maximum absolute atomic E-state index is 7.28. The summed E-state index contributed by atoms with van der Waals surface area (Å²) in [7, 11) is -1.85. The number of ether oxygens (including phenoxy) is 2. The zero-order valence-electron chi connectivity index (χ0n) is 27.0. The molecule has 49 heavy (non-hydrogen) atoms. The van der Waals surface area contributed by atoms with Crippen molar-refractivity contribution in [3.8, 4) is 11.5 Å². The van der Waals surface area contributed by atoms with Gasteiger partial charge in [-0.3, -0.25) is 0 Å². The third kappa shape index (κ3) is 7.04. The van der Waals surface area contributed by atoms with Gasteiger partial charge in [0.15, 0.2) is 0 Å². The molecule has 2 atom stereocenters. The van der Waals surface area contributed by atoms with Gasteiger partial charge in [-0.15, -0.1) is 0 Å². The molecule has 2 bridgehead atoms. The smallest absolute Gasteiger partial charge is 0.131 e. The lowest BCUT2D eigenvalue weighted by molar-refractivity contribution is 0.189. The van der Waals surface area contributed by atoms with E-state index >= 15 is 0 Å². The summed E-state index contributed by atoms with van der Waals surface area (Å²) in [5.41, 5.74) is 2.23. The third-order valence-corrected chi connectivity index (χ3v) is 14.6. The largest absolute Gasteiger partial charge is 0.489 e. The average Bonchev–Trinajstić information content (AvgIpc) is 3.26. The van der Waals surface area contributed by atoms with Crippen molar-refractivity contribution in [3.63, 3.8) is 0 Å². The van der Waals surface area contributed by atoms with E-state index in [1.165, 1.54) is 21.2 Å².